The van der Waals surface area contributed by atoms with E-state index in [9.17, 15) is 10.2 Å². The zero-order chi connectivity index (χ0) is 22.5. The van der Waals surface area contributed by atoms with Crippen molar-refractivity contribution in [3.63, 3.8) is 0 Å². The van der Waals surface area contributed by atoms with Gasteiger partial charge in [-0.2, -0.15) is 0 Å². The van der Waals surface area contributed by atoms with Gasteiger partial charge in [0.05, 0.1) is 6.20 Å². The van der Waals surface area contributed by atoms with E-state index in [1.54, 1.807) is 17.0 Å². The van der Waals surface area contributed by atoms with Crippen LogP contribution in [0, 0.1) is 0 Å². The summed E-state index contributed by atoms with van der Waals surface area (Å²) >= 11 is 0. The van der Waals surface area contributed by atoms with Crippen LogP contribution in [0.4, 0.5) is 5.82 Å². The highest BCUT2D eigenvalue weighted by Gasteiger charge is 2.51. The number of unbranched alkanes of at least 4 members (excludes halogenated alkanes) is 1. The SMILES string of the molecule is CC1=C2C3CCC(c4c3c(O)n(CCCCN3CCN(c5cnccn5)CC3)c4O)C2ON1. The molecule has 3 aliphatic carbocycles. The van der Waals surface area contributed by atoms with E-state index in [0.29, 0.717) is 6.54 Å². The third-order valence-corrected chi connectivity index (χ3v) is 7.94. The minimum absolute atomic E-state index is 0.0158. The van der Waals surface area contributed by atoms with Gasteiger partial charge in [-0.1, -0.05) is 0 Å². The molecule has 2 fully saturated rings. The van der Waals surface area contributed by atoms with Crippen LogP contribution >= 0.6 is 0 Å². The largest absolute Gasteiger partial charge is 0.494 e. The van der Waals surface area contributed by atoms with Gasteiger partial charge in [-0.25, -0.2) is 4.98 Å². The summed E-state index contributed by atoms with van der Waals surface area (Å²) in [6.45, 7) is 7.63. The van der Waals surface area contributed by atoms with Gasteiger partial charge >= 0.3 is 0 Å². The third-order valence-electron chi connectivity index (χ3n) is 7.94. The van der Waals surface area contributed by atoms with E-state index in [1.807, 2.05) is 13.1 Å². The van der Waals surface area contributed by atoms with E-state index in [1.165, 1.54) is 5.57 Å². The molecule has 3 unspecified atom stereocenters. The van der Waals surface area contributed by atoms with Crippen molar-refractivity contribution in [2.24, 2.45) is 0 Å². The van der Waals surface area contributed by atoms with Crippen LogP contribution in [-0.2, 0) is 11.4 Å². The van der Waals surface area contributed by atoms with Crippen LogP contribution in [-0.4, -0.2) is 68.5 Å². The van der Waals surface area contributed by atoms with E-state index >= 15 is 0 Å². The fourth-order valence-electron chi connectivity index (χ4n) is 6.31. The van der Waals surface area contributed by atoms with Gasteiger partial charge in [-0.3, -0.25) is 24.8 Å². The molecular weight excluding hydrogens is 420 g/mol. The molecule has 1 saturated heterocycles. The summed E-state index contributed by atoms with van der Waals surface area (Å²) in [6.07, 6.45) is 9.18. The topological polar surface area (TPSA) is 98.9 Å². The number of allylic oxidation sites excluding steroid dienone is 1. The van der Waals surface area contributed by atoms with E-state index < -0.39 is 0 Å². The Morgan fingerprint density at radius 2 is 1.82 bits per heavy atom. The number of hydrogen-bond donors (Lipinski definition) is 3. The lowest BCUT2D eigenvalue weighted by Crippen LogP contribution is -2.46. The summed E-state index contributed by atoms with van der Waals surface area (Å²) in [5, 5.41) is 22.1. The number of aromatic hydroxyl groups is 2. The summed E-state index contributed by atoms with van der Waals surface area (Å²) in [6, 6.07) is 0. The van der Waals surface area contributed by atoms with Crippen LogP contribution in [0.2, 0.25) is 0 Å². The Bertz CT molecular complexity index is 1060. The standard InChI is InChI=1S/C24H32N6O3/c1-15-19-16-4-5-17(22(19)33-27-15)21-20(16)23(31)30(24(21)32)9-3-2-8-28-10-12-29(13-11-28)18-14-25-6-7-26-18/h6-7,14,16-17,22,27,31-32H,2-5,8-13H2,1H3. The van der Waals surface area contributed by atoms with Crippen molar-refractivity contribution in [1.29, 1.82) is 0 Å². The number of aromatic nitrogens is 3. The Hall–Kier alpha value is -2.78. The Balaban J connectivity index is 1.06. The molecule has 2 aliphatic heterocycles. The molecular formula is C24H32N6O3. The number of anilines is 1. The van der Waals surface area contributed by atoms with Crippen LogP contribution in [0.15, 0.2) is 29.9 Å². The van der Waals surface area contributed by atoms with Crippen molar-refractivity contribution in [2.75, 3.05) is 37.6 Å². The number of nitrogens with zero attached hydrogens (tertiary/aromatic N) is 5. The Kier molecular flexibility index (Phi) is 5.18. The second kappa shape index (κ2) is 8.22. The van der Waals surface area contributed by atoms with Gasteiger partial charge in [0.2, 0.25) is 0 Å². The molecule has 2 aromatic heterocycles. The highest BCUT2D eigenvalue weighted by Crippen LogP contribution is 2.60. The first kappa shape index (κ1) is 20.8. The molecule has 0 radical (unpaired) electrons. The zero-order valence-corrected chi connectivity index (χ0v) is 19.1. The molecule has 0 amide bonds. The van der Waals surface area contributed by atoms with Crippen LogP contribution in [0.25, 0.3) is 0 Å². The molecule has 176 valence electrons. The second-order valence-electron chi connectivity index (χ2n) is 9.68. The number of nitrogens with one attached hydrogen (secondary N) is 1. The fraction of sp³-hybridized carbons (Fsp3) is 0.583. The molecule has 1 saturated carbocycles. The number of piperazine rings is 1. The smallest absolute Gasteiger partial charge is 0.198 e. The van der Waals surface area contributed by atoms with Crippen molar-refractivity contribution in [3.05, 3.63) is 41.0 Å². The predicted octanol–water partition coefficient (Wildman–Crippen LogP) is 2.44. The Labute approximate surface area is 193 Å². The van der Waals surface area contributed by atoms with Gasteiger partial charge in [0.1, 0.15) is 11.9 Å². The molecule has 33 heavy (non-hydrogen) atoms. The lowest BCUT2D eigenvalue weighted by atomic mass is 9.63. The Morgan fingerprint density at radius 1 is 1.03 bits per heavy atom. The van der Waals surface area contributed by atoms with Crippen molar-refractivity contribution >= 4 is 5.82 Å². The second-order valence-corrected chi connectivity index (χ2v) is 9.68. The summed E-state index contributed by atoms with van der Waals surface area (Å²) in [4.78, 5) is 19.2. The van der Waals surface area contributed by atoms with Gasteiger partial charge in [-0.15, -0.1) is 0 Å². The lowest BCUT2D eigenvalue weighted by molar-refractivity contribution is 0.00868. The van der Waals surface area contributed by atoms with Gasteiger partial charge < -0.3 is 15.1 Å². The van der Waals surface area contributed by atoms with Crippen LogP contribution in [0.3, 0.4) is 0 Å². The maximum Gasteiger partial charge on any atom is 0.198 e. The van der Waals surface area contributed by atoms with Crippen molar-refractivity contribution in [3.8, 4) is 11.8 Å². The molecule has 5 aliphatic rings. The minimum Gasteiger partial charge on any atom is -0.494 e. The van der Waals surface area contributed by atoms with Gasteiger partial charge in [0, 0.05) is 73.8 Å². The summed E-state index contributed by atoms with van der Waals surface area (Å²) in [7, 11) is 0. The summed E-state index contributed by atoms with van der Waals surface area (Å²) in [5.74, 6) is 1.69. The molecule has 2 bridgehead atoms. The average Bonchev–Trinajstić information content (AvgIpc) is 3.38. The molecule has 9 nitrogen and oxygen atoms in total. The Morgan fingerprint density at radius 3 is 2.61 bits per heavy atom. The van der Waals surface area contributed by atoms with E-state index in [4.69, 9.17) is 4.84 Å². The minimum atomic E-state index is -0.0158. The monoisotopic (exact) mass is 452 g/mol. The van der Waals surface area contributed by atoms with Gasteiger partial charge in [0.25, 0.3) is 0 Å². The third kappa shape index (κ3) is 3.36. The highest BCUT2D eigenvalue weighted by molar-refractivity contribution is 5.59. The average molecular weight is 453 g/mol. The summed E-state index contributed by atoms with van der Waals surface area (Å²) in [5.41, 5.74) is 7.18. The number of rotatable bonds is 6. The molecule has 0 aromatic carbocycles. The van der Waals surface area contributed by atoms with Crippen molar-refractivity contribution in [2.45, 2.75) is 57.1 Å². The van der Waals surface area contributed by atoms with Crippen molar-refractivity contribution in [1.82, 2.24) is 24.9 Å². The summed E-state index contributed by atoms with van der Waals surface area (Å²) < 4.78 is 1.73. The molecule has 3 atom stereocenters. The fourth-order valence-corrected chi connectivity index (χ4v) is 6.31. The predicted molar refractivity (Wildman–Crippen MR) is 123 cm³/mol. The zero-order valence-electron chi connectivity index (χ0n) is 19.1. The highest BCUT2D eigenvalue weighted by atomic mass is 16.7. The van der Waals surface area contributed by atoms with Crippen LogP contribution < -0.4 is 10.4 Å². The molecule has 3 N–H and O–H groups in total. The normalized spacial score (nSPS) is 26.5. The van der Waals surface area contributed by atoms with Crippen LogP contribution in [0.5, 0.6) is 11.8 Å². The lowest BCUT2D eigenvalue weighted by Gasteiger charge is -2.40. The maximum atomic E-state index is 11.1. The molecule has 0 spiro atoms. The molecule has 7 rings (SSSR count). The molecule has 4 heterocycles. The number of hydroxylamine groups is 1. The van der Waals surface area contributed by atoms with Crippen molar-refractivity contribution < 1.29 is 15.1 Å². The first-order chi connectivity index (χ1) is 16.1. The van der Waals surface area contributed by atoms with E-state index in [0.717, 1.165) is 81.0 Å². The van der Waals surface area contributed by atoms with E-state index in [2.05, 4.69) is 25.2 Å². The molecule has 9 heteroatoms. The van der Waals surface area contributed by atoms with Gasteiger partial charge in [0.15, 0.2) is 11.8 Å². The van der Waals surface area contributed by atoms with E-state index in [-0.39, 0.29) is 29.7 Å². The first-order valence-corrected chi connectivity index (χ1v) is 12.1. The maximum absolute atomic E-state index is 11.1. The van der Waals surface area contributed by atoms with Crippen LogP contribution in [0.1, 0.15) is 55.6 Å². The number of hydrogen-bond acceptors (Lipinski definition) is 8. The quantitative estimate of drug-likeness (QED) is 0.575. The molecule has 2 aromatic rings. The number of fused-ring (bicyclic) bond motifs is 1. The van der Waals surface area contributed by atoms with Gasteiger partial charge in [-0.05, 0) is 44.7 Å². The first-order valence-electron chi connectivity index (χ1n) is 12.1.